The fourth-order valence-corrected chi connectivity index (χ4v) is 2.25. The molecule has 1 aliphatic rings. The van der Waals surface area contributed by atoms with Crippen molar-refractivity contribution in [3.8, 4) is 0 Å². The third kappa shape index (κ3) is 2.74. The number of hydrogen-bond donors (Lipinski definition) is 1. The highest BCUT2D eigenvalue weighted by molar-refractivity contribution is 5.53. The monoisotopic (exact) mass is 203 g/mol. The summed E-state index contributed by atoms with van der Waals surface area (Å²) in [6, 6.07) is 9.39. The molecule has 0 saturated carbocycles. The summed E-state index contributed by atoms with van der Waals surface area (Å²) in [5, 5.41) is 3.65. The van der Waals surface area contributed by atoms with Crippen LogP contribution in [0.5, 0.6) is 0 Å². The first-order valence-electron chi connectivity index (χ1n) is 6.10. The van der Waals surface area contributed by atoms with Crippen LogP contribution in [0.4, 0.5) is 5.69 Å². The van der Waals surface area contributed by atoms with Gasteiger partial charge in [0.25, 0.3) is 0 Å². The van der Waals surface area contributed by atoms with Crippen molar-refractivity contribution in [3.05, 3.63) is 29.8 Å². The molecule has 1 heteroatoms. The number of hydrogen-bond acceptors (Lipinski definition) is 1. The first kappa shape index (κ1) is 10.5. The Morgan fingerprint density at radius 3 is 2.93 bits per heavy atom. The maximum Gasteiger partial charge on any atom is 0.0374 e. The number of fused-ring (bicyclic) bond motifs is 1. The van der Waals surface area contributed by atoms with Gasteiger partial charge >= 0.3 is 0 Å². The van der Waals surface area contributed by atoms with Gasteiger partial charge < -0.3 is 5.32 Å². The van der Waals surface area contributed by atoms with Gasteiger partial charge in [0.05, 0.1) is 0 Å². The zero-order valence-electron chi connectivity index (χ0n) is 9.79. The Morgan fingerprint density at radius 1 is 1.33 bits per heavy atom. The van der Waals surface area contributed by atoms with Crippen molar-refractivity contribution in [2.75, 3.05) is 5.32 Å². The quantitative estimate of drug-likeness (QED) is 0.786. The number of anilines is 1. The highest BCUT2D eigenvalue weighted by atomic mass is 14.9. The summed E-state index contributed by atoms with van der Waals surface area (Å²) in [5.41, 5.74) is 2.84. The fraction of sp³-hybridized carbons (Fsp3) is 0.571. The second-order valence-corrected chi connectivity index (χ2v) is 5.01. The summed E-state index contributed by atoms with van der Waals surface area (Å²) in [7, 11) is 0. The van der Waals surface area contributed by atoms with Crippen LogP contribution in [-0.2, 0) is 6.42 Å². The minimum absolute atomic E-state index is 0.697. The molecule has 1 N–H and O–H groups in total. The predicted octanol–water partition coefficient (Wildman–Crippen LogP) is 3.85. The van der Waals surface area contributed by atoms with Crippen LogP contribution >= 0.6 is 0 Å². The largest absolute Gasteiger partial charge is 0.382 e. The van der Waals surface area contributed by atoms with Crippen LogP contribution in [-0.4, -0.2) is 6.04 Å². The second-order valence-electron chi connectivity index (χ2n) is 5.01. The Labute approximate surface area is 92.9 Å². The van der Waals surface area contributed by atoms with Gasteiger partial charge in [0.15, 0.2) is 0 Å². The number of para-hydroxylation sites is 1. The molecule has 1 unspecified atom stereocenters. The Hall–Kier alpha value is -0.980. The lowest BCUT2D eigenvalue weighted by Crippen LogP contribution is -2.25. The summed E-state index contributed by atoms with van der Waals surface area (Å²) in [6.07, 6.45) is 5.18. The van der Waals surface area contributed by atoms with Gasteiger partial charge in [0.2, 0.25) is 0 Å². The van der Waals surface area contributed by atoms with Gasteiger partial charge in [-0.05, 0) is 43.2 Å². The number of aryl methyl sites for hydroxylation is 1. The number of rotatable bonds is 3. The lowest BCUT2D eigenvalue weighted by atomic mass is 9.93. The van der Waals surface area contributed by atoms with Crippen LogP contribution in [0, 0.1) is 5.92 Å². The van der Waals surface area contributed by atoms with E-state index in [2.05, 4.69) is 43.4 Å². The molecule has 0 spiro atoms. The Morgan fingerprint density at radius 2 is 2.13 bits per heavy atom. The zero-order chi connectivity index (χ0) is 10.7. The van der Waals surface area contributed by atoms with Gasteiger partial charge in [0.1, 0.15) is 0 Å². The van der Waals surface area contributed by atoms with Crippen molar-refractivity contribution in [2.45, 2.75) is 45.6 Å². The molecule has 0 saturated heterocycles. The minimum Gasteiger partial charge on any atom is -0.382 e. The zero-order valence-corrected chi connectivity index (χ0v) is 9.79. The van der Waals surface area contributed by atoms with E-state index in [0.717, 1.165) is 5.92 Å². The van der Waals surface area contributed by atoms with Crippen molar-refractivity contribution in [2.24, 2.45) is 5.92 Å². The normalized spacial score (nSPS) is 19.8. The van der Waals surface area contributed by atoms with E-state index in [9.17, 15) is 0 Å². The number of nitrogens with one attached hydrogen (secondary N) is 1. The number of benzene rings is 1. The average molecular weight is 203 g/mol. The van der Waals surface area contributed by atoms with E-state index in [1.807, 2.05) is 0 Å². The van der Waals surface area contributed by atoms with Crippen LogP contribution in [0.3, 0.4) is 0 Å². The molecule has 1 heterocycles. The highest BCUT2D eigenvalue weighted by Gasteiger charge is 2.16. The van der Waals surface area contributed by atoms with Crippen LogP contribution in [0.1, 0.15) is 38.7 Å². The summed E-state index contributed by atoms with van der Waals surface area (Å²) in [5.74, 6) is 0.823. The Kier molecular flexibility index (Phi) is 3.30. The SMILES string of the molecule is CC(C)CCC1CCc2ccccc2N1. The second kappa shape index (κ2) is 4.69. The molecule has 0 amide bonds. The van der Waals surface area contributed by atoms with Gasteiger partial charge in [0, 0.05) is 11.7 Å². The Balaban J connectivity index is 1.94. The molecular formula is C14H21N. The lowest BCUT2D eigenvalue weighted by Gasteiger charge is -2.27. The molecule has 1 aromatic carbocycles. The molecule has 2 rings (SSSR count). The minimum atomic E-state index is 0.697. The highest BCUT2D eigenvalue weighted by Crippen LogP contribution is 2.26. The molecular weight excluding hydrogens is 182 g/mol. The van der Waals surface area contributed by atoms with Crippen LogP contribution in [0.2, 0.25) is 0 Å². The van der Waals surface area contributed by atoms with Gasteiger partial charge in [-0.1, -0.05) is 32.0 Å². The van der Waals surface area contributed by atoms with Crippen molar-refractivity contribution < 1.29 is 0 Å². The molecule has 15 heavy (non-hydrogen) atoms. The van der Waals surface area contributed by atoms with Crippen LogP contribution < -0.4 is 5.32 Å². The standard InChI is InChI=1S/C14H21N/c1-11(2)7-9-13-10-8-12-5-3-4-6-14(12)15-13/h3-6,11,13,15H,7-10H2,1-2H3. The first-order chi connectivity index (χ1) is 7.25. The van der Waals surface area contributed by atoms with Crippen molar-refractivity contribution in [3.63, 3.8) is 0 Å². The van der Waals surface area contributed by atoms with E-state index in [1.54, 1.807) is 0 Å². The maximum absolute atomic E-state index is 3.65. The lowest BCUT2D eigenvalue weighted by molar-refractivity contribution is 0.490. The molecule has 1 atom stereocenters. The average Bonchev–Trinajstić information content (AvgIpc) is 2.26. The van der Waals surface area contributed by atoms with E-state index in [0.29, 0.717) is 6.04 Å². The van der Waals surface area contributed by atoms with Crippen molar-refractivity contribution >= 4 is 5.69 Å². The first-order valence-corrected chi connectivity index (χ1v) is 6.10. The molecule has 0 aliphatic carbocycles. The summed E-state index contributed by atoms with van der Waals surface area (Å²) >= 11 is 0. The summed E-state index contributed by atoms with van der Waals surface area (Å²) in [4.78, 5) is 0. The third-order valence-corrected chi connectivity index (χ3v) is 3.23. The van der Waals surface area contributed by atoms with Gasteiger partial charge in [-0.15, -0.1) is 0 Å². The molecule has 0 radical (unpaired) electrons. The van der Waals surface area contributed by atoms with E-state index in [-0.39, 0.29) is 0 Å². The molecule has 0 bridgehead atoms. The van der Waals surface area contributed by atoms with Gasteiger partial charge in [-0.2, -0.15) is 0 Å². The fourth-order valence-electron chi connectivity index (χ4n) is 2.25. The summed E-state index contributed by atoms with van der Waals surface area (Å²) in [6.45, 7) is 4.60. The third-order valence-electron chi connectivity index (χ3n) is 3.23. The van der Waals surface area contributed by atoms with E-state index in [4.69, 9.17) is 0 Å². The van der Waals surface area contributed by atoms with Crippen LogP contribution in [0.15, 0.2) is 24.3 Å². The molecule has 0 fully saturated rings. The van der Waals surface area contributed by atoms with E-state index >= 15 is 0 Å². The predicted molar refractivity (Wildman–Crippen MR) is 66.2 cm³/mol. The molecule has 1 aliphatic heterocycles. The van der Waals surface area contributed by atoms with E-state index < -0.39 is 0 Å². The topological polar surface area (TPSA) is 12.0 Å². The van der Waals surface area contributed by atoms with Gasteiger partial charge in [-0.25, -0.2) is 0 Å². The van der Waals surface area contributed by atoms with Gasteiger partial charge in [-0.3, -0.25) is 0 Å². The summed E-state index contributed by atoms with van der Waals surface area (Å²) < 4.78 is 0. The van der Waals surface area contributed by atoms with Crippen molar-refractivity contribution in [1.82, 2.24) is 0 Å². The molecule has 0 aromatic heterocycles. The smallest absolute Gasteiger partial charge is 0.0374 e. The van der Waals surface area contributed by atoms with Crippen LogP contribution in [0.25, 0.3) is 0 Å². The van der Waals surface area contributed by atoms with E-state index in [1.165, 1.54) is 36.9 Å². The molecule has 1 nitrogen and oxygen atoms in total. The maximum atomic E-state index is 3.65. The Bertz CT molecular complexity index is 317. The van der Waals surface area contributed by atoms with Crippen molar-refractivity contribution in [1.29, 1.82) is 0 Å². The molecule has 82 valence electrons. The molecule has 1 aromatic rings.